The first-order chi connectivity index (χ1) is 22.8. The lowest BCUT2D eigenvalue weighted by Crippen LogP contribution is -2.35. The normalized spacial score (nSPS) is 17.3. The summed E-state index contributed by atoms with van der Waals surface area (Å²) in [6, 6.07) is 18.4. The summed E-state index contributed by atoms with van der Waals surface area (Å²) in [4.78, 5) is 5.09. The highest BCUT2D eigenvalue weighted by Crippen LogP contribution is 2.30. The maximum atomic E-state index is 3.57. The quantitative estimate of drug-likeness (QED) is 0.196. The second kappa shape index (κ2) is 14.5. The molecule has 0 fully saturated rings. The van der Waals surface area contributed by atoms with Gasteiger partial charge in [-0.3, -0.25) is 9.80 Å². The number of nitrogens with zero attached hydrogens (tertiary/aromatic N) is 2. The van der Waals surface area contributed by atoms with E-state index in [9.17, 15) is 0 Å². The van der Waals surface area contributed by atoms with Crippen molar-refractivity contribution in [2.75, 3.05) is 52.4 Å². The van der Waals surface area contributed by atoms with E-state index >= 15 is 0 Å². The Labute approximate surface area is 272 Å². The Kier molecular flexibility index (Phi) is 9.46. The molecule has 0 atom stereocenters. The molecule has 0 amide bonds. The second-order valence-corrected chi connectivity index (χ2v) is 12.4. The average molecular weight is 609 g/mol. The Hall–Kier alpha value is -4.78. The van der Waals surface area contributed by atoms with Gasteiger partial charge in [0.15, 0.2) is 0 Å². The molecule has 0 radical (unpaired) electrons. The zero-order valence-electron chi connectivity index (χ0n) is 26.5. The van der Waals surface area contributed by atoms with Gasteiger partial charge in [0, 0.05) is 88.2 Å². The van der Waals surface area contributed by atoms with Crippen LogP contribution in [0.4, 0.5) is 0 Å². The van der Waals surface area contributed by atoms with Crippen molar-refractivity contribution in [3.05, 3.63) is 155 Å². The Morgan fingerprint density at radius 2 is 0.804 bits per heavy atom. The predicted molar refractivity (Wildman–Crippen MR) is 193 cm³/mol. The topological polar surface area (TPSA) is 54.6 Å². The highest BCUT2D eigenvalue weighted by atomic mass is 15.2. The highest BCUT2D eigenvalue weighted by molar-refractivity contribution is 6.01. The van der Waals surface area contributed by atoms with Crippen LogP contribution in [-0.2, 0) is 13.1 Å². The highest BCUT2D eigenvalue weighted by Gasteiger charge is 2.17. The van der Waals surface area contributed by atoms with E-state index in [1.54, 1.807) is 0 Å². The monoisotopic (exact) mass is 608 g/mol. The summed E-state index contributed by atoms with van der Waals surface area (Å²) < 4.78 is 0. The third kappa shape index (κ3) is 7.53. The van der Waals surface area contributed by atoms with Gasteiger partial charge in [0.2, 0.25) is 0 Å². The first-order valence-electron chi connectivity index (χ1n) is 16.5. The maximum absolute atomic E-state index is 3.57. The molecule has 7 rings (SSSR count). The smallest absolute Gasteiger partial charge is 0.0389 e. The molecule has 4 heterocycles. The van der Waals surface area contributed by atoms with Crippen LogP contribution in [0.15, 0.2) is 144 Å². The summed E-state index contributed by atoms with van der Waals surface area (Å²) in [5.41, 5.74) is 7.77. The number of dihydropyridines is 4. The van der Waals surface area contributed by atoms with Crippen LogP contribution >= 0.6 is 0 Å². The minimum absolute atomic E-state index is 0.864. The van der Waals surface area contributed by atoms with Crippen molar-refractivity contribution in [2.45, 2.75) is 13.1 Å². The van der Waals surface area contributed by atoms with Gasteiger partial charge < -0.3 is 21.3 Å². The summed E-state index contributed by atoms with van der Waals surface area (Å²) in [7, 11) is 0. The molecule has 6 heteroatoms. The van der Waals surface area contributed by atoms with Crippen LogP contribution in [0, 0.1) is 0 Å². The molecule has 0 spiro atoms. The van der Waals surface area contributed by atoms with Crippen molar-refractivity contribution >= 4 is 21.5 Å². The summed E-state index contributed by atoms with van der Waals surface area (Å²) in [5.74, 6) is 0. The fourth-order valence-corrected chi connectivity index (χ4v) is 6.68. The Bertz CT molecular complexity index is 1620. The SMILES string of the molecule is C1=CCNC(CN(CC2=CC=CCN2)Cc2cccc3cc4cccc(CN(CC5=CC=CCN5)CC5=CC=CCN5)c4cc23)=C1. The van der Waals surface area contributed by atoms with Crippen molar-refractivity contribution in [3.8, 4) is 0 Å². The fourth-order valence-electron chi connectivity index (χ4n) is 6.68. The molecule has 4 aliphatic rings. The van der Waals surface area contributed by atoms with Crippen LogP contribution in [0.25, 0.3) is 21.5 Å². The van der Waals surface area contributed by atoms with Crippen LogP contribution in [-0.4, -0.2) is 62.2 Å². The van der Waals surface area contributed by atoms with Gasteiger partial charge in [-0.05, 0) is 69.1 Å². The standard InChI is InChI=1S/C40H44N6/c1-5-19-41-35(15-1)27-45(28-36-16-2-6-20-42-36)25-33-13-9-11-31-23-32-12-10-14-34(40(32)24-39(31)33)26-46(29-37-17-3-7-21-43-37)30-38-18-4-8-22-44-38/h1-18,23-24,41-44H,19-22,25-30H2. The number of allylic oxidation sites excluding steroid dienone is 8. The van der Waals surface area contributed by atoms with Crippen molar-refractivity contribution < 1.29 is 0 Å². The van der Waals surface area contributed by atoms with E-state index in [0.717, 1.165) is 65.4 Å². The minimum Gasteiger partial charge on any atom is -0.384 e. The lowest BCUT2D eigenvalue weighted by atomic mass is 9.96. The molecule has 6 nitrogen and oxygen atoms in total. The van der Waals surface area contributed by atoms with Crippen molar-refractivity contribution in [1.29, 1.82) is 0 Å². The largest absolute Gasteiger partial charge is 0.384 e. The van der Waals surface area contributed by atoms with Gasteiger partial charge in [0.05, 0.1) is 0 Å². The average Bonchev–Trinajstić information content (AvgIpc) is 3.10. The Morgan fingerprint density at radius 3 is 1.13 bits per heavy atom. The van der Waals surface area contributed by atoms with E-state index in [-0.39, 0.29) is 0 Å². The summed E-state index contributed by atoms with van der Waals surface area (Å²) >= 11 is 0. The number of benzene rings is 3. The zero-order valence-corrected chi connectivity index (χ0v) is 26.5. The first-order valence-corrected chi connectivity index (χ1v) is 16.5. The molecule has 4 aliphatic heterocycles. The number of fused-ring (bicyclic) bond motifs is 2. The van der Waals surface area contributed by atoms with E-state index in [0.29, 0.717) is 0 Å². The van der Waals surface area contributed by atoms with Gasteiger partial charge in [0.25, 0.3) is 0 Å². The van der Waals surface area contributed by atoms with Crippen LogP contribution in [0.5, 0.6) is 0 Å². The lowest BCUT2D eigenvalue weighted by Gasteiger charge is -2.28. The van der Waals surface area contributed by atoms with Crippen molar-refractivity contribution in [1.82, 2.24) is 31.1 Å². The number of hydrogen-bond acceptors (Lipinski definition) is 6. The molecule has 46 heavy (non-hydrogen) atoms. The van der Waals surface area contributed by atoms with Crippen LogP contribution in [0.1, 0.15) is 11.1 Å². The van der Waals surface area contributed by atoms with Gasteiger partial charge in [-0.2, -0.15) is 0 Å². The van der Waals surface area contributed by atoms with Gasteiger partial charge in [-0.1, -0.05) is 85.0 Å². The first kappa shape index (κ1) is 29.9. The van der Waals surface area contributed by atoms with Crippen LogP contribution < -0.4 is 21.3 Å². The molecule has 0 aliphatic carbocycles. The summed E-state index contributed by atoms with van der Waals surface area (Å²) in [5, 5.41) is 19.5. The van der Waals surface area contributed by atoms with Crippen molar-refractivity contribution in [2.24, 2.45) is 0 Å². The summed E-state index contributed by atoms with van der Waals surface area (Å²) in [6.07, 6.45) is 26.1. The van der Waals surface area contributed by atoms with E-state index in [2.05, 4.69) is 153 Å². The maximum Gasteiger partial charge on any atom is 0.0389 e. The van der Waals surface area contributed by atoms with Crippen LogP contribution in [0.3, 0.4) is 0 Å². The number of hydrogen-bond donors (Lipinski definition) is 4. The molecule has 0 aromatic heterocycles. The van der Waals surface area contributed by atoms with Crippen molar-refractivity contribution in [3.63, 3.8) is 0 Å². The molecule has 0 saturated carbocycles. The molecular formula is C40H44N6. The van der Waals surface area contributed by atoms with Gasteiger partial charge in [0.1, 0.15) is 0 Å². The molecule has 234 valence electrons. The third-order valence-electron chi connectivity index (χ3n) is 8.95. The summed E-state index contributed by atoms with van der Waals surface area (Å²) in [6.45, 7) is 8.76. The van der Waals surface area contributed by atoms with E-state index in [4.69, 9.17) is 0 Å². The van der Waals surface area contributed by atoms with E-state index in [1.807, 2.05) is 0 Å². The minimum atomic E-state index is 0.864. The van der Waals surface area contributed by atoms with Gasteiger partial charge in [-0.15, -0.1) is 0 Å². The Morgan fingerprint density at radius 1 is 0.435 bits per heavy atom. The molecular weight excluding hydrogens is 564 g/mol. The predicted octanol–water partition coefficient (Wildman–Crippen LogP) is 5.77. The lowest BCUT2D eigenvalue weighted by molar-refractivity contribution is 0.302. The third-order valence-corrected chi connectivity index (χ3v) is 8.95. The van der Waals surface area contributed by atoms with E-state index in [1.165, 1.54) is 55.5 Å². The molecule has 3 aromatic carbocycles. The zero-order chi connectivity index (χ0) is 31.0. The van der Waals surface area contributed by atoms with E-state index < -0.39 is 0 Å². The van der Waals surface area contributed by atoms with Gasteiger partial charge >= 0.3 is 0 Å². The Balaban J connectivity index is 1.20. The molecule has 0 saturated heterocycles. The molecule has 4 N–H and O–H groups in total. The van der Waals surface area contributed by atoms with Gasteiger partial charge in [-0.25, -0.2) is 0 Å². The fraction of sp³-hybridized carbons (Fsp3) is 0.250. The second-order valence-electron chi connectivity index (χ2n) is 12.4. The molecule has 0 bridgehead atoms. The molecule has 3 aromatic rings. The number of nitrogens with one attached hydrogen (secondary N) is 4. The molecule has 0 unspecified atom stereocenters. The van der Waals surface area contributed by atoms with Crippen LogP contribution in [0.2, 0.25) is 0 Å². The number of rotatable bonds is 12.